The highest BCUT2D eigenvalue weighted by atomic mass is 16.5. The Bertz CT molecular complexity index is 970. The van der Waals surface area contributed by atoms with Crippen LogP contribution in [0.1, 0.15) is 21.5 Å². The van der Waals surface area contributed by atoms with Crippen LogP contribution in [0.15, 0.2) is 60.7 Å². The summed E-state index contributed by atoms with van der Waals surface area (Å²) in [6.45, 7) is 1.91. The van der Waals surface area contributed by atoms with Gasteiger partial charge in [0.15, 0.2) is 0 Å². The Labute approximate surface area is 127 Å². The number of aryl methyl sites for hydroxylation is 1. The van der Waals surface area contributed by atoms with Crippen molar-refractivity contribution < 1.29 is 9.53 Å². The Balaban J connectivity index is 1.99. The van der Waals surface area contributed by atoms with Crippen LogP contribution in [0.2, 0.25) is 0 Å². The lowest BCUT2D eigenvalue weighted by Crippen LogP contribution is -2.17. The number of hydrogen-bond donors (Lipinski definition) is 0. The van der Waals surface area contributed by atoms with Crippen LogP contribution in [0.25, 0.3) is 10.8 Å². The van der Waals surface area contributed by atoms with E-state index in [0.717, 1.165) is 21.1 Å². The molecule has 1 heterocycles. The van der Waals surface area contributed by atoms with Gasteiger partial charge in [-0.2, -0.15) is 4.74 Å². The molecule has 22 heavy (non-hydrogen) atoms. The molecule has 0 saturated heterocycles. The molecule has 0 N–H and O–H groups in total. The molecule has 0 fully saturated rings. The van der Waals surface area contributed by atoms with Crippen LogP contribution in [-0.4, -0.2) is 16.2 Å². The highest BCUT2D eigenvalue weighted by molar-refractivity contribution is 6.52. The van der Waals surface area contributed by atoms with E-state index in [4.69, 9.17) is 0 Å². The summed E-state index contributed by atoms with van der Waals surface area (Å²) >= 11 is 0. The molecule has 3 aromatic carbocycles. The lowest BCUT2D eigenvalue weighted by molar-refractivity contribution is -0.355. The summed E-state index contributed by atoms with van der Waals surface area (Å²) < 4.78 is 0.770. The van der Waals surface area contributed by atoms with Gasteiger partial charge < -0.3 is 5.21 Å². The van der Waals surface area contributed by atoms with E-state index in [-0.39, 0.29) is 11.5 Å². The molecule has 4 rings (SSSR count). The monoisotopic (exact) mass is 287 g/mol. The minimum Gasteiger partial charge on any atom is -0.618 e. The summed E-state index contributed by atoms with van der Waals surface area (Å²) in [5.74, 6) is -0.204. The summed E-state index contributed by atoms with van der Waals surface area (Å²) in [5, 5.41) is 14.6. The molecular weight excluding hydrogens is 274 g/mol. The van der Waals surface area contributed by atoms with Crippen LogP contribution >= 0.6 is 0 Å². The molecule has 3 aromatic rings. The Morgan fingerprint density at radius 2 is 1.50 bits per heavy atom. The maximum absolute atomic E-state index is 12.7. The number of carbonyl (C=O) groups excluding carboxylic acids is 1. The smallest absolute Gasteiger partial charge is 0.273 e. The zero-order valence-corrected chi connectivity index (χ0v) is 12.0. The second-order valence-corrected chi connectivity index (χ2v) is 5.50. The van der Waals surface area contributed by atoms with Gasteiger partial charge in [-0.05, 0) is 35.4 Å². The van der Waals surface area contributed by atoms with Crippen LogP contribution in [0.4, 0.5) is 5.69 Å². The number of hydrogen-bond acceptors (Lipinski definition) is 2. The molecule has 0 unspecified atom stereocenters. The summed E-state index contributed by atoms with van der Waals surface area (Å²) in [6, 6.07) is 18.8. The molecule has 0 amide bonds. The third-order valence-electron chi connectivity index (χ3n) is 4.15. The Kier molecular flexibility index (Phi) is 2.63. The number of ketones is 1. The largest absolute Gasteiger partial charge is 0.618 e. The van der Waals surface area contributed by atoms with Crippen LogP contribution in [-0.2, 0) is 0 Å². The summed E-state index contributed by atoms with van der Waals surface area (Å²) in [4.78, 5) is 12.7. The first-order chi connectivity index (χ1) is 10.7. The van der Waals surface area contributed by atoms with E-state index in [2.05, 4.69) is 0 Å². The van der Waals surface area contributed by atoms with E-state index >= 15 is 0 Å². The standard InChI is InChI=1S/C19H13NO2/c1-12-6-2-5-9-15(12)18-19(21)16-10-13-7-3-4-8-14(13)11-17(16)20(18)22/h2-11H,1H3. The van der Waals surface area contributed by atoms with Gasteiger partial charge in [0.05, 0.1) is 5.56 Å². The van der Waals surface area contributed by atoms with Crippen molar-refractivity contribution in [3.63, 3.8) is 0 Å². The fraction of sp³-hybridized carbons (Fsp3) is 0.0526. The van der Waals surface area contributed by atoms with Gasteiger partial charge in [0.1, 0.15) is 5.56 Å². The van der Waals surface area contributed by atoms with Crippen LogP contribution in [0.5, 0.6) is 0 Å². The van der Waals surface area contributed by atoms with Crippen molar-refractivity contribution in [2.75, 3.05) is 0 Å². The van der Waals surface area contributed by atoms with E-state index in [1.165, 1.54) is 0 Å². The number of carbonyl (C=O) groups is 1. The van der Waals surface area contributed by atoms with Gasteiger partial charge in [0, 0.05) is 6.07 Å². The van der Waals surface area contributed by atoms with Gasteiger partial charge in [0.25, 0.3) is 11.5 Å². The fourth-order valence-electron chi connectivity index (χ4n) is 2.99. The molecule has 0 radical (unpaired) electrons. The van der Waals surface area contributed by atoms with Crippen molar-refractivity contribution in [1.82, 2.24) is 0 Å². The zero-order chi connectivity index (χ0) is 15.3. The third kappa shape index (κ3) is 1.69. The van der Waals surface area contributed by atoms with Crippen molar-refractivity contribution in [3.8, 4) is 0 Å². The molecule has 0 saturated carbocycles. The van der Waals surface area contributed by atoms with Crippen molar-refractivity contribution in [3.05, 3.63) is 82.6 Å². The Morgan fingerprint density at radius 1 is 0.864 bits per heavy atom. The molecule has 3 heteroatoms. The van der Waals surface area contributed by atoms with Gasteiger partial charge in [-0.25, -0.2) is 0 Å². The van der Waals surface area contributed by atoms with Gasteiger partial charge in [-0.3, -0.25) is 4.79 Å². The van der Waals surface area contributed by atoms with Gasteiger partial charge in [0.2, 0.25) is 5.69 Å². The van der Waals surface area contributed by atoms with E-state index < -0.39 is 0 Å². The molecule has 106 valence electrons. The predicted molar refractivity (Wildman–Crippen MR) is 86.9 cm³/mol. The zero-order valence-electron chi connectivity index (χ0n) is 12.0. The van der Waals surface area contributed by atoms with E-state index in [1.54, 1.807) is 6.07 Å². The molecule has 3 nitrogen and oxygen atoms in total. The number of nitrogens with zero attached hydrogens (tertiary/aromatic N) is 1. The molecular formula is C19H13NO2. The van der Waals surface area contributed by atoms with Gasteiger partial charge in [-0.1, -0.05) is 42.5 Å². The number of fused-ring (bicyclic) bond motifs is 2. The lowest BCUT2D eigenvalue weighted by Gasteiger charge is -2.04. The second-order valence-electron chi connectivity index (χ2n) is 5.50. The maximum atomic E-state index is 12.7. The van der Waals surface area contributed by atoms with Crippen molar-refractivity contribution >= 4 is 28.0 Å². The Morgan fingerprint density at radius 3 is 2.23 bits per heavy atom. The van der Waals surface area contributed by atoms with Crippen LogP contribution in [0, 0.1) is 12.1 Å². The molecule has 0 bridgehead atoms. The maximum Gasteiger partial charge on any atom is 0.273 e. The topological polar surface area (TPSA) is 43.1 Å². The van der Waals surface area contributed by atoms with Gasteiger partial charge >= 0.3 is 0 Å². The first-order valence-corrected chi connectivity index (χ1v) is 7.14. The summed E-state index contributed by atoms with van der Waals surface area (Å²) in [5.41, 5.74) is 2.74. The summed E-state index contributed by atoms with van der Waals surface area (Å²) in [6.07, 6.45) is 0. The minimum absolute atomic E-state index is 0.204. The SMILES string of the molecule is Cc1ccccc1C1=[N+]([O-])c2cc3ccccc3cc2C1=O. The van der Waals surface area contributed by atoms with Crippen LogP contribution in [0.3, 0.4) is 0 Å². The molecule has 1 aliphatic rings. The highest BCUT2D eigenvalue weighted by Crippen LogP contribution is 2.32. The number of benzene rings is 3. The van der Waals surface area contributed by atoms with Crippen LogP contribution < -0.4 is 0 Å². The van der Waals surface area contributed by atoms with E-state index in [0.29, 0.717) is 16.8 Å². The molecule has 0 aliphatic carbocycles. The average Bonchev–Trinajstić information content (AvgIpc) is 2.77. The number of Topliss-reactive ketones (excluding diaryl/α,β-unsaturated/α-hetero) is 1. The normalized spacial score (nSPS) is 13.8. The predicted octanol–water partition coefficient (Wildman–Crippen LogP) is 3.98. The van der Waals surface area contributed by atoms with Crippen molar-refractivity contribution in [2.24, 2.45) is 0 Å². The van der Waals surface area contributed by atoms with E-state index in [9.17, 15) is 10.0 Å². The van der Waals surface area contributed by atoms with Crippen molar-refractivity contribution in [1.29, 1.82) is 0 Å². The fourth-order valence-corrected chi connectivity index (χ4v) is 2.99. The highest BCUT2D eigenvalue weighted by Gasteiger charge is 2.37. The minimum atomic E-state index is -0.204. The molecule has 0 atom stereocenters. The first-order valence-electron chi connectivity index (χ1n) is 7.14. The number of rotatable bonds is 1. The second kappa shape index (κ2) is 4.53. The third-order valence-corrected chi connectivity index (χ3v) is 4.15. The Hall–Kier alpha value is -2.94. The van der Waals surface area contributed by atoms with E-state index in [1.807, 2.05) is 61.5 Å². The quantitative estimate of drug-likeness (QED) is 0.502. The lowest BCUT2D eigenvalue weighted by atomic mass is 9.98. The first kappa shape index (κ1) is 12.8. The molecule has 0 aromatic heterocycles. The molecule has 0 spiro atoms. The van der Waals surface area contributed by atoms with Gasteiger partial charge in [-0.15, -0.1) is 0 Å². The molecule has 1 aliphatic heterocycles. The average molecular weight is 287 g/mol. The van der Waals surface area contributed by atoms with Crippen molar-refractivity contribution in [2.45, 2.75) is 6.92 Å². The summed E-state index contributed by atoms with van der Waals surface area (Å²) in [7, 11) is 0.